The van der Waals surface area contributed by atoms with E-state index in [2.05, 4.69) is 15.6 Å². The Balaban J connectivity index is 1.69. The minimum absolute atomic E-state index is 0.0897. The van der Waals surface area contributed by atoms with Gasteiger partial charge in [-0.2, -0.15) is 0 Å². The summed E-state index contributed by atoms with van der Waals surface area (Å²) in [5, 5.41) is 5.43. The summed E-state index contributed by atoms with van der Waals surface area (Å²) in [4.78, 5) is 29.5. The maximum atomic E-state index is 12.8. The fourth-order valence-electron chi connectivity index (χ4n) is 3.41. The average Bonchev–Trinajstić information content (AvgIpc) is 2.83. The smallest absolute Gasteiger partial charge is 0.269 e. The highest BCUT2D eigenvalue weighted by Crippen LogP contribution is 2.25. The highest BCUT2D eigenvalue weighted by Gasteiger charge is 2.21. The van der Waals surface area contributed by atoms with Crippen LogP contribution < -0.4 is 16.4 Å². The molecule has 2 amide bonds. The van der Waals surface area contributed by atoms with E-state index in [9.17, 15) is 9.59 Å². The fourth-order valence-corrected chi connectivity index (χ4v) is 3.41. The Morgan fingerprint density at radius 2 is 1.91 bits per heavy atom. The standard InChI is InChI=1S/C23H30N4O5/c1-25-23(29)19-12-16(11-18(27-19)21(30-2)15-7-4-3-5-8-15)22(28)26-10-6-9-20-31-13-17(24)14-32-20/h3-5,7-8,11-12,17,20-21H,6,9-10,13-14,24H2,1-2H3,(H,25,29)(H,26,28)/t17-,20-,21-/m0/s1. The van der Waals surface area contributed by atoms with Crippen molar-refractivity contribution in [2.45, 2.75) is 31.3 Å². The fraction of sp³-hybridized carbons (Fsp3) is 0.435. The molecule has 1 fully saturated rings. The molecule has 9 heteroatoms. The van der Waals surface area contributed by atoms with Gasteiger partial charge in [-0.05, 0) is 24.1 Å². The van der Waals surface area contributed by atoms with Gasteiger partial charge in [0.05, 0.1) is 24.9 Å². The molecule has 32 heavy (non-hydrogen) atoms. The maximum absolute atomic E-state index is 12.8. The van der Waals surface area contributed by atoms with E-state index in [4.69, 9.17) is 19.9 Å². The number of hydrogen-bond acceptors (Lipinski definition) is 7. The van der Waals surface area contributed by atoms with Gasteiger partial charge in [0, 0.05) is 32.7 Å². The topological polar surface area (TPSA) is 125 Å². The van der Waals surface area contributed by atoms with Crippen molar-refractivity contribution in [1.82, 2.24) is 15.6 Å². The van der Waals surface area contributed by atoms with Gasteiger partial charge >= 0.3 is 0 Å². The van der Waals surface area contributed by atoms with Gasteiger partial charge < -0.3 is 30.6 Å². The largest absolute Gasteiger partial charge is 0.370 e. The lowest BCUT2D eigenvalue weighted by atomic mass is 10.0. The number of pyridine rings is 1. The number of ether oxygens (including phenoxy) is 3. The minimum atomic E-state index is -0.515. The molecule has 3 rings (SSSR count). The van der Waals surface area contributed by atoms with Crippen LogP contribution in [-0.2, 0) is 14.2 Å². The molecule has 2 aromatic rings. The van der Waals surface area contributed by atoms with E-state index >= 15 is 0 Å². The number of amides is 2. The zero-order valence-electron chi connectivity index (χ0n) is 18.4. The van der Waals surface area contributed by atoms with Gasteiger partial charge in [0.15, 0.2) is 6.29 Å². The molecule has 0 radical (unpaired) electrons. The Labute approximate surface area is 187 Å². The van der Waals surface area contributed by atoms with Gasteiger partial charge in [-0.1, -0.05) is 30.3 Å². The Hall–Kier alpha value is -2.85. The summed E-state index contributed by atoms with van der Waals surface area (Å²) >= 11 is 0. The molecule has 1 aromatic heterocycles. The van der Waals surface area contributed by atoms with E-state index in [-0.39, 0.29) is 29.8 Å². The molecule has 1 aliphatic rings. The third-order valence-electron chi connectivity index (χ3n) is 5.07. The highest BCUT2D eigenvalue weighted by atomic mass is 16.7. The maximum Gasteiger partial charge on any atom is 0.269 e. The average molecular weight is 443 g/mol. The number of aromatic nitrogens is 1. The lowest BCUT2D eigenvalue weighted by molar-refractivity contribution is -0.188. The van der Waals surface area contributed by atoms with Crippen LogP contribution in [-0.4, -0.2) is 63.0 Å². The molecule has 0 unspecified atom stereocenters. The van der Waals surface area contributed by atoms with Crippen molar-refractivity contribution in [3.63, 3.8) is 0 Å². The van der Waals surface area contributed by atoms with Gasteiger partial charge in [-0.15, -0.1) is 0 Å². The second kappa shape index (κ2) is 11.7. The predicted molar refractivity (Wildman–Crippen MR) is 118 cm³/mol. The lowest BCUT2D eigenvalue weighted by Gasteiger charge is -2.27. The van der Waals surface area contributed by atoms with Crippen LogP contribution in [0.5, 0.6) is 0 Å². The van der Waals surface area contributed by atoms with Crippen LogP contribution in [0.1, 0.15) is 51.0 Å². The quantitative estimate of drug-likeness (QED) is 0.501. The van der Waals surface area contributed by atoms with E-state index in [1.807, 2.05) is 30.3 Å². The van der Waals surface area contributed by atoms with Gasteiger partial charge in [0.25, 0.3) is 11.8 Å². The number of nitrogens with zero attached hydrogens (tertiary/aromatic N) is 1. The van der Waals surface area contributed by atoms with E-state index in [0.717, 1.165) is 5.56 Å². The van der Waals surface area contributed by atoms with Crippen molar-refractivity contribution in [1.29, 1.82) is 0 Å². The van der Waals surface area contributed by atoms with E-state index in [1.165, 1.54) is 13.1 Å². The molecule has 4 N–H and O–H groups in total. The first kappa shape index (κ1) is 23.8. The Morgan fingerprint density at radius 1 is 1.19 bits per heavy atom. The summed E-state index contributed by atoms with van der Waals surface area (Å²) in [5.74, 6) is -0.678. The van der Waals surface area contributed by atoms with Crippen molar-refractivity contribution >= 4 is 11.8 Å². The van der Waals surface area contributed by atoms with Crippen LogP contribution in [0.4, 0.5) is 0 Å². The molecule has 1 atom stereocenters. The van der Waals surface area contributed by atoms with Crippen molar-refractivity contribution in [3.05, 3.63) is 65.0 Å². The van der Waals surface area contributed by atoms with Crippen molar-refractivity contribution in [2.75, 3.05) is 33.9 Å². The highest BCUT2D eigenvalue weighted by molar-refractivity contribution is 5.98. The summed E-state index contributed by atoms with van der Waals surface area (Å²) in [6, 6.07) is 12.5. The van der Waals surface area contributed by atoms with Crippen LogP contribution >= 0.6 is 0 Å². The SMILES string of the molecule is CNC(=O)c1cc(C(=O)NCCC[C@H]2OC[C@H](N)CO2)cc([C@@H](OC)c2ccccc2)n1. The van der Waals surface area contributed by atoms with Crippen LogP contribution in [0.25, 0.3) is 0 Å². The number of methoxy groups -OCH3 is 1. The molecule has 0 bridgehead atoms. The van der Waals surface area contributed by atoms with Crippen LogP contribution in [0, 0.1) is 0 Å². The van der Waals surface area contributed by atoms with Crippen molar-refractivity contribution in [3.8, 4) is 0 Å². The number of carbonyl (C=O) groups excluding carboxylic acids is 2. The summed E-state index contributed by atoms with van der Waals surface area (Å²) in [7, 11) is 3.08. The summed E-state index contributed by atoms with van der Waals surface area (Å²) < 4.78 is 16.6. The first-order chi connectivity index (χ1) is 15.5. The molecule has 0 spiro atoms. The molecular weight excluding hydrogens is 412 g/mol. The summed E-state index contributed by atoms with van der Waals surface area (Å²) in [6.07, 6.45) is 0.515. The van der Waals surface area contributed by atoms with Crippen molar-refractivity contribution in [2.24, 2.45) is 5.73 Å². The first-order valence-electron chi connectivity index (χ1n) is 10.6. The van der Waals surface area contributed by atoms with Gasteiger partial charge in [0.2, 0.25) is 0 Å². The van der Waals surface area contributed by atoms with Crippen LogP contribution in [0.15, 0.2) is 42.5 Å². The Bertz CT molecular complexity index is 901. The van der Waals surface area contributed by atoms with E-state index in [1.54, 1.807) is 13.2 Å². The number of nitrogens with one attached hydrogen (secondary N) is 2. The Kier molecular flexibility index (Phi) is 8.69. The third-order valence-corrected chi connectivity index (χ3v) is 5.07. The zero-order chi connectivity index (χ0) is 22.9. The molecule has 0 saturated carbocycles. The second-order valence-electron chi connectivity index (χ2n) is 7.53. The summed E-state index contributed by atoms with van der Waals surface area (Å²) in [5.41, 5.74) is 7.56. The van der Waals surface area contributed by atoms with Gasteiger partial charge in [0.1, 0.15) is 11.8 Å². The molecule has 2 heterocycles. The molecular formula is C23H30N4O5. The number of hydrogen-bond donors (Lipinski definition) is 3. The van der Waals surface area contributed by atoms with E-state index < -0.39 is 6.10 Å². The van der Waals surface area contributed by atoms with E-state index in [0.29, 0.717) is 43.9 Å². The number of rotatable bonds is 9. The first-order valence-corrected chi connectivity index (χ1v) is 10.6. The molecule has 0 aliphatic carbocycles. The summed E-state index contributed by atoms with van der Waals surface area (Å²) in [6.45, 7) is 1.38. The van der Waals surface area contributed by atoms with Gasteiger partial charge in [-0.3, -0.25) is 9.59 Å². The number of benzene rings is 1. The predicted octanol–water partition coefficient (Wildman–Crippen LogP) is 1.39. The van der Waals surface area contributed by atoms with Crippen LogP contribution in [0.3, 0.4) is 0 Å². The Morgan fingerprint density at radius 3 is 2.56 bits per heavy atom. The molecule has 1 aliphatic heterocycles. The molecule has 1 aromatic carbocycles. The normalized spacial score (nSPS) is 19.2. The monoisotopic (exact) mass is 442 g/mol. The second-order valence-corrected chi connectivity index (χ2v) is 7.53. The molecule has 172 valence electrons. The third kappa shape index (κ3) is 6.33. The van der Waals surface area contributed by atoms with Crippen molar-refractivity contribution < 1.29 is 23.8 Å². The zero-order valence-corrected chi connectivity index (χ0v) is 18.4. The molecule has 1 saturated heterocycles. The number of carbonyl (C=O) groups is 2. The minimum Gasteiger partial charge on any atom is -0.370 e. The lowest BCUT2D eigenvalue weighted by Crippen LogP contribution is -2.41. The van der Waals surface area contributed by atoms with Gasteiger partial charge in [-0.25, -0.2) is 4.98 Å². The number of nitrogens with two attached hydrogens (primary N) is 1. The van der Waals surface area contributed by atoms with Crippen LogP contribution in [0.2, 0.25) is 0 Å². The molecule has 9 nitrogen and oxygen atoms in total.